The zero-order valence-electron chi connectivity index (χ0n) is 38.4. The third-order valence-corrected chi connectivity index (χ3v) is 12.1. The van der Waals surface area contributed by atoms with Gasteiger partial charge in [0.2, 0.25) is 0 Å². The first-order valence-electron chi connectivity index (χ1n) is 21.7. The molecule has 0 saturated heterocycles. The van der Waals surface area contributed by atoms with Gasteiger partial charge in [0.05, 0.1) is 16.6 Å². The van der Waals surface area contributed by atoms with E-state index in [1.807, 2.05) is 6.20 Å². The van der Waals surface area contributed by atoms with Gasteiger partial charge in [-0.15, -0.1) is 0 Å². The monoisotopic (exact) mass is 803 g/mol. The number of nitrogens with zero attached hydrogens (tertiary/aromatic N) is 3. The topological polar surface area (TPSA) is 50.9 Å². The minimum Gasteiger partial charge on any atom is -0.507 e. The molecule has 1 N–H and O–H groups in total. The Bertz CT molecular complexity index is 2940. The maximum atomic E-state index is 12.2. The van der Waals surface area contributed by atoms with E-state index in [-0.39, 0.29) is 21.7 Å². The molecule has 2 aromatic heterocycles. The number of fused-ring (bicyclic) bond motifs is 2. The summed E-state index contributed by atoms with van der Waals surface area (Å²) >= 11 is 0. The summed E-state index contributed by atoms with van der Waals surface area (Å²) in [5.41, 5.74) is 16.2. The maximum absolute atomic E-state index is 12.2. The Labute approximate surface area is 363 Å². The molecule has 0 amide bonds. The summed E-state index contributed by atoms with van der Waals surface area (Å²) < 4.78 is 2.31. The fraction of sp³-hybridized carbons (Fsp3) is 0.298. The number of aryl methyl sites for hydroxylation is 1. The number of para-hydroxylation sites is 1. The lowest BCUT2D eigenvalue weighted by Gasteiger charge is -2.27. The van der Waals surface area contributed by atoms with Crippen LogP contribution in [0.3, 0.4) is 0 Å². The predicted molar refractivity (Wildman–Crippen MR) is 259 cm³/mol. The van der Waals surface area contributed by atoms with Crippen LogP contribution in [0, 0.1) is 6.92 Å². The number of pyridine rings is 1. The number of rotatable bonds is 5. The van der Waals surface area contributed by atoms with Gasteiger partial charge in [-0.05, 0) is 128 Å². The zero-order valence-corrected chi connectivity index (χ0v) is 38.4. The van der Waals surface area contributed by atoms with E-state index in [9.17, 15) is 5.11 Å². The summed E-state index contributed by atoms with van der Waals surface area (Å²) in [5, 5.41) is 13.3. The van der Waals surface area contributed by atoms with Crippen molar-refractivity contribution < 1.29 is 5.11 Å². The van der Waals surface area contributed by atoms with Crippen LogP contribution in [0.25, 0.3) is 72.4 Å². The molecule has 6 aromatic carbocycles. The van der Waals surface area contributed by atoms with Gasteiger partial charge in [-0.2, -0.15) is 0 Å². The third kappa shape index (κ3) is 8.01. The van der Waals surface area contributed by atoms with Crippen molar-refractivity contribution in [2.24, 2.45) is 0 Å². The molecule has 0 unspecified atom stereocenters. The van der Waals surface area contributed by atoms with E-state index in [4.69, 9.17) is 9.97 Å². The normalized spacial score (nSPS) is 12.7. The molecule has 8 aromatic rings. The average molecular weight is 804 g/mol. The van der Waals surface area contributed by atoms with Gasteiger partial charge in [0, 0.05) is 45.1 Å². The minimum atomic E-state index is -0.274. The Kier molecular flexibility index (Phi) is 10.2. The second-order valence-electron chi connectivity index (χ2n) is 21.2. The molecule has 0 aliphatic rings. The Morgan fingerprint density at radius 3 is 1.72 bits per heavy atom. The van der Waals surface area contributed by atoms with Crippen LogP contribution >= 0.6 is 0 Å². The second-order valence-corrected chi connectivity index (χ2v) is 21.2. The van der Waals surface area contributed by atoms with Gasteiger partial charge in [0.15, 0.2) is 0 Å². The standard InChI is InChI=1S/C57H61N3O/c1-35-26-39-30-42(55(5,6)7)31-46(50(39)58-34-35)38-27-37(36-18-15-14-16-19-36)28-40(29-38)53-59-51-45(47-32-43(56(8,9)10)33-48(52(47)61)57(11,12)13)20-17-21-49(51)60(53)44-24-22-41(23-25-44)54(2,3)4/h14-34,61H,1-13H3. The van der Waals surface area contributed by atoms with E-state index >= 15 is 0 Å². The first-order valence-corrected chi connectivity index (χ1v) is 21.7. The van der Waals surface area contributed by atoms with Crippen molar-refractivity contribution in [2.75, 3.05) is 0 Å². The van der Waals surface area contributed by atoms with Gasteiger partial charge in [-0.1, -0.05) is 144 Å². The summed E-state index contributed by atoms with van der Waals surface area (Å²) in [4.78, 5) is 10.7. The van der Waals surface area contributed by atoms with Crippen molar-refractivity contribution >= 4 is 21.9 Å². The number of imidazole rings is 1. The second kappa shape index (κ2) is 14.9. The van der Waals surface area contributed by atoms with Crippen molar-refractivity contribution in [3.05, 3.63) is 155 Å². The molecule has 8 rings (SSSR count). The lowest BCUT2D eigenvalue weighted by atomic mass is 9.78. The van der Waals surface area contributed by atoms with Crippen LogP contribution in [0.1, 0.15) is 111 Å². The quantitative estimate of drug-likeness (QED) is 0.189. The Hall–Kier alpha value is -6.00. The third-order valence-electron chi connectivity index (χ3n) is 12.1. The summed E-state index contributed by atoms with van der Waals surface area (Å²) in [6, 6.07) is 44.1. The molecular formula is C57H61N3O. The molecule has 4 heteroatoms. The summed E-state index contributed by atoms with van der Waals surface area (Å²) in [5.74, 6) is 1.13. The van der Waals surface area contributed by atoms with Crippen LogP contribution in [0.2, 0.25) is 0 Å². The van der Waals surface area contributed by atoms with Crippen LogP contribution in [-0.2, 0) is 21.7 Å². The lowest BCUT2D eigenvalue weighted by molar-refractivity contribution is 0.446. The van der Waals surface area contributed by atoms with Crippen molar-refractivity contribution in [3.8, 4) is 56.2 Å². The number of hydrogen-bond acceptors (Lipinski definition) is 3. The zero-order chi connectivity index (χ0) is 43.8. The van der Waals surface area contributed by atoms with Crippen LogP contribution in [-0.4, -0.2) is 19.6 Å². The molecular weight excluding hydrogens is 743 g/mol. The Morgan fingerprint density at radius 1 is 0.475 bits per heavy atom. The molecule has 0 aliphatic carbocycles. The fourth-order valence-corrected chi connectivity index (χ4v) is 8.45. The molecule has 2 heterocycles. The van der Waals surface area contributed by atoms with Crippen molar-refractivity contribution in [1.29, 1.82) is 0 Å². The highest BCUT2D eigenvalue weighted by molar-refractivity contribution is 5.99. The van der Waals surface area contributed by atoms with Gasteiger partial charge in [-0.25, -0.2) is 4.98 Å². The van der Waals surface area contributed by atoms with E-state index in [1.165, 1.54) is 16.7 Å². The number of aromatic hydroxyl groups is 1. The molecule has 0 bridgehead atoms. The van der Waals surface area contributed by atoms with Crippen LogP contribution in [0.5, 0.6) is 5.75 Å². The van der Waals surface area contributed by atoms with Gasteiger partial charge >= 0.3 is 0 Å². The fourth-order valence-electron chi connectivity index (χ4n) is 8.45. The molecule has 0 spiro atoms. The number of phenolic OH excluding ortho intramolecular Hbond substituents is 1. The van der Waals surface area contributed by atoms with Gasteiger partial charge in [-0.3, -0.25) is 9.55 Å². The van der Waals surface area contributed by atoms with Crippen molar-refractivity contribution in [1.82, 2.24) is 14.5 Å². The van der Waals surface area contributed by atoms with Crippen LogP contribution in [0.15, 0.2) is 128 Å². The highest BCUT2D eigenvalue weighted by Crippen LogP contribution is 2.46. The highest BCUT2D eigenvalue weighted by Gasteiger charge is 2.28. The Balaban J connectivity index is 1.48. The lowest BCUT2D eigenvalue weighted by Crippen LogP contribution is -2.17. The smallest absolute Gasteiger partial charge is 0.145 e. The maximum Gasteiger partial charge on any atom is 0.145 e. The molecule has 0 saturated carbocycles. The predicted octanol–water partition coefficient (Wildman–Crippen LogP) is 15.4. The minimum absolute atomic E-state index is 0.00174. The van der Waals surface area contributed by atoms with E-state index < -0.39 is 0 Å². The highest BCUT2D eigenvalue weighted by atomic mass is 16.3. The van der Waals surface area contributed by atoms with E-state index in [1.54, 1.807) is 0 Å². The number of phenols is 1. The SMILES string of the molecule is Cc1cnc2c(-c3cc(-c4ccccc4)cc(-c4nc5c(-c6cc(C(C)(C)C)cc(C(C)(C)C)c6O)cccc5n4-c4ccc(C(C)(C)C)cc4)c3)cc(C(C)(C)C)cc2c1. The first kappa shape index (κ1) is 41.7. The number of hydrogen-bond donors (Lipinski definition) is 1. The number of benzene rings is 6. The molecule has 0 fully saturated rings. The Morgan fingerprint density at radius 2 is 1.08 bits per heavy atom. The largest absolute Gasteiger partial charge is 0.507 e. The first-order chi connectivity index (χ1) is 28.6. The average Bonchev–Trinajstić information content (AvgIpc) is 3.59. The van der Waals surface area contributed by atoms with Crippen molar-refractivity contribution in [2.45, 2.75) is 112 Å². The van der Waals surface area contributed by atoms with E-state index in [0.717, 1.165) is 83.5 Å². The van der Waals surface area contributed by atoms with Crippen LogP contribution < -0.4 is 0 Å². The number of aromatic nitrogens is 3. The van der Waals surface area contributed by atoms with Gasteiger partial charge in [0.25, 0.3) is 0 Å². The molecule has 61 heavy (non-hydrogen) atoms. The molecule has 4 nitrogen and oxygen atoms in total. The molecule has 310 valence electrons. The molecule has 0 atom stereocenters. The van der Waals surface area contributed by atoms with E-state index in [0.29, 0.717) is 5.75 Å². The summed E-state index contributed by atoms with van der Waals surface area (Å²) in [6.07, 6.45) is 1.97. The summed E-state index contributed by atoms with van der Waals surface area (Å²) in [7, 11) is 0. The molecule has 0 radical (unpaired) electrons. The molecule has 0 aliphatic heterocycles. The van der Waals surface area contributed by atoms with Crippen molar-refractivity contribution in [3.63, 3.8) is 0 Å². The van der Waals surface area contributed by atoms with Gasteiger partial charge in [0.1, 0.15) is 11.6 Å². The van der Waals surface area contributed by atoms with E-state index in [2.05, 4.69) is 216 Å². The summed E-state index contributed by atoms with van der Waals surface area (Å²) in [6.45, 7) is 28.9. The van der Waals surface area contributed by atoms with Crippen LogP contribution in [0.4, 0.5) is 0 Å². The van der Waals surface area contributed by atoms with Gasteiger partial charge < -0.3 is 5.11 Å².